The van der Waals surface area contributed by atoms with Crippen molar-refractivity contribution in [2.45, 2.75) is 52.6 Å². The smallest absolute Gasteiger partial charge is 0.407 e. The molecule has 0 saturated heterocycles. The van der Waals surface area contributed by atoms with Gasteiger partial charge in [0.05, 0.1) is 0 Å². The van der Waals surface area contributed by atoms with Gasteiger partial charge in [-0.05, 0) is 59.7 Å². The lowest BCUT2D eigenvalue weighted by Crippen LogP contribution is -2.37. The van der Waals surface area contributed by atoms with E-state index in [4.69, 9.17) is 4.74 Å². The molecule has 0 unspecified atom stereocenters. The van der Waals surface area contributed by atoms with E-state index >= 15 is 0 Å². The molecule has 0 aliphatic rings. The molecule has 0 saturated carbocycles. The molecule has 0 bridgehead atoms. The van der Waals surface area contributed by atoms with Crippen LogP contribution >= 0.6 is 0 Å². The summed E-state index contributed by atoms with van der Waals surface area (Å²) in [5.74, 6) is 0. The van der Waals surface area contributed by atoms with Crippen LogP contribution < -0.4 is 26.8 Å². The van der Waals surface area contributed by atoms with E-state index in [1.54, 1.807) is 7.05 Å². The lowest BCUT2D eigenvalue weighted by molar-refractivity contribution is 0.0525. The minimum Gasteiger partial charge on any atom is -0.444 e. The van der Waals surface area contributed by atoms with Gasteiger partial charge >= 0.3 is 6.09 Å². The van der Waals surface area contributed by atoms with Crippen LogP contribution in [-0.4, -0.2) is 56.4 Å². The van der Waals surface area contributed by atoms with Crippen LogP contribution in [0.2, 0.25) is 0 Å². The molecule has 1 amide bonds. The van der Waals surface area contributed by atoms with Gasteiger partial charge in [0.2, 0.25) is 0 Å². The molecule has 1 aromatic carbocycles. The van der Waals surface area contributed by atoms with E-state index in [1.165, 1.54) is 0 Å². The number of rotatable bonds is 12. The van der Waals surface area contributed by atoms with Crippen LogP contribution in [0.25, 0.3) is 0 Å². The lowest BCUT2D eigenvalue weighted by Gasteiger charge is -2.23. The summed E-state index contributed by atoms with van der Waals surface area (Å²) in [6.07, 6.45) is 2.37. The van der Waals surface area contributed by atoms with Crippen molar-refractivity contribution in [3.8, 4) is 0 Å². The maximum Gasteiger partial charge on any atom is 0.407 e. The van der Waals surface area contributed by atoms with Crippen molar-refractivity contribution in [2.75, 3.05) is 50.4 Å². The first-order chi connectivity index (χ1) is 12.7. The van der Waals surface area contributed by atoms with Gasteiger partial charge in [0.15, 0.2) is 0 Å². The zero-order valence-corrected chi connectivity index (χ0v) is 17.2. The first kappa shape index (κ1) is 23.0. The number of nitrogens with one attached hydrogen (secondary N) is 3. The van der Waals surface area contributed by atoms with Gasteiger partial charge in [-0.15, -0.1) is 0 Å². The molecule has 0 spiro atoms. The highest BCUT2D eigenvalue weighted by atomic mass is 16.6. The minimum atomic E-state index is -0.486. The van der Waals surface area contributed by atoms with Crippen LogP contribution in [0.1, 0.15) is 47.0 Å². The third-order valence-corrected chi connectivity index (χ3v) is 3.97. The second-order valence-electron chi connectivity index (χ2n) is 7.56. The Morgan fingerprint density at radius 2 is 1.59 bits per heavy atom. The molecule has 8 heteroatoms. The van der Waals surface area contributed by atoms with Crippen molar-refractivity contribution in [2.24, 2.45) is 0 Å². The number of carbonyl (C=O) groups excluding carboxylic acids is 1. The third-order valence-electron chi connectivity index (χ3n) is 3.97. The van der Waals surface area contributed by atoms with Crippen molar-refractivity contribution < 1.29 is 9.53 Å². The van der Waals surface area contributed by atoms with Gasteiger partial charge in [-0.1, -0.05) is 6.92 Å². The van der Waals surface area contributed by atoms with E-state index in [0.717, 1.165) is 38.9 Å². The molecule has 0 aliphatic carbocycles. The first-order valence-electron chi connectivity index (χ1n) is 9.63. The van der Waals surface area contributed by atoms with Crippen LogP contribution in [0, 0.1) is 0 Å². The average Bonchev–Trinajstić information content (AvgIpc) is 2.58. The Kier molecular flexibility index (Phi) is 9.28. The molecule has 8 nitrogen and oxygen atoms in total. The van der Waals surface area contributed by atoms with Crippen LogP contribution in [-0.2, 0) is 4.74 Å². The van der Waals surface area contributed by atoms with Crippen LogP contribution in [0.5, 0.6) is 0 Å². The van der Waals surface area contributed by atoms with Crippen LogP contribution in [0.15, 0.2) is 9.59 Å². The number of hydrogen-bond acceptors (Lipinski definition) is 7. The van der Waals surface area contributed by atoms with E-state index in [2.05, 4.69) is 27.8 Å². The molecule has 0 aliphatic heterocycles. The summed E-state index contributed by atoms with van der Waals surface area (Å²) in [7, 11) is 1.63. The van der Waals surface area contributed by atoms with Gasteiger partial charge in [-0.2, -0.15) is 0 Å². The van der Waals surface area contributed by atoms with Crippen molar-refractivity contribution >= 4 is 17.5 Å². The molecular weight excluding hydrogens is 348 g/mol. The second-order valence-corrected chi connectivity index (χ2v) is 7.56. The van der Waals surface area contributed by atoms with Gasteiger partial charge < -0.3 is 25.6 Å². The monoisotopic (exact) mass is 382 g/mol. The maximum absolute atomic E-state index is 11.6. The van der Waals surface area contributed by atoms with Gasteiger partial charge in [0.25, 0.3) is 10.9 Å². The summed E-state index contributed by atoms with van der Waals surface area (Å²) in [6.45, 7) is 11.6. The molecule has 1 rings (SSSR count). The van der Waals surface area contributed by atoms with Gasteiger partial charge in [-0.25, -0.2) is 4.79 Å². The summed E-state index contributed by atoms with van der Waals surface area (Å²) in [4.78, 5) is 36.8. The maximum atomic E-state index is 11.6. The van der Waals surface area contributed by atoms with E-state index in [-0.39, 0.29) is 6.09 Å². The fourth-order valence-electron chi connectivity index (χ4n) is 2.77. The molecular formula is C19H34N4O4. The Hall–Kier alpha value is -2.09. The summed E-state index contributed by atoms with van der Waals surface area (Å²) in [5.41, 5.74) is -0.617. The Labute approximate surface area is 161 Å². The van der Waals surface area contributed by atoms with E-state index in [9.17, 15) is 14.4 Å². The predicted molar refractivity (Wildman–Crippen MR) is 110 cm³/mol. The predicted octanol–water partition coefficient (Wildman–Crippen LogP) is 1.75. The normalized spacial score (nSPS) is 11.6. The van der Waals surface area contributed by atoms with E-state index in [0.29, 0.717) is 24.5 Å². The number of ether oxygens (including phenoxy) is 1. The molecule has 0 atom stereocenters. The Morgan fingerprint density at radius 3 is 2.15 bits per heavy atom. The summed E-state index contributed by atoms with van der Waals surface area (Å²) in [6, 6.07) is 0. The van der Waals surface area contributed by atoms with Gasteiger partial charge in [0.1, 0.15) is 17.0 Å². The molecule has 1 aromatic rings. The number of carbonyl (C=O) groups is 1. The largest absolute Gasteiger partial charge is 0.444 e. The fraction of sp³-hybridized carbons (Fsp3) is 0.737. The highest BCUT2D eigenvalue weighted by Crippen LogP contribution is 2.12. The topological polar surface area (TPSA) is 99.8 Å². The molecule has 154 valence electrons. The zero-order valence-electron chi connectivity index (χ0n) is 17.2. The van der Waals surface area contributed by atoms with Crippen molar-refractivity contribution in [3.63, 3.8) is 0 Å². The molecule has 0 heterocycles. The van der Waals surface area contributed by atoms with Crippen LogP contribution in [0.3, 0.4) is 0 Å². The van der Waals surface area contributed by atoms with E-state index < -0.39 is 16.5 Å². The molecule has 0 radical (unpaired) electrons. The van der Waals surface area contributed by atoms with Crippen molar-refractivity contribution in [1.82, 2.24) is 10.2 Å². The highest BCUT2D eigenvalue weighted by molar-refractivity contribution is 5.73. The molecule has 0 aromatic heterocycles. The average molecular weight is 383 g/mol. The second kappa shape index (κ2) is 10.9. The first-order valence-corrected chi connectivity index (χ1v) is 9.63. The minimum absolute atomic E-state index is 0.374. The molecule has 3 N–H and O–H groups in total. The quantitative estimate of drug-likeness (QED) is 0.374. The third kappa shape index (κ3) is 7.99. The summed E-state index contributed by atoms with van der Waals surface area (Å²) < 4.78 is 5.21. The van der Waals surface area contributed by atoms with Crippen molar-refractivity contribution in [1.29, 1.82) is 0 Å². The number of anilines is 2. The summed E-state index contributed by atoms with van der Waals surface area (Å²) in [5, 5.41) is 8.57. The van der Waals surface area contributed by atoms with Gasteiger partial charge in [0, 0.05) is 20.1 Å². The molecule has 0 fully saturated rings. The van der Waals surface area contributed by atoms with E-state index in [1.807, 2.05) is 20.8 Å². The highest BCUT2D eigenvalue weighted by Gasteiger charge is 2.19. The Balaban J connectivity index is 2.25. The van der Waals surface area contributed by atoms with Crippen LogP contribution in [0.4, 0.5) is 16.2 Å². The Bertz CT molecular complexity index is 659. The lowest BCUT2D eigenvalue weighted by atomic mass is 10.2. The number of nitrogens with zero attached hydrogens (tertiary/aromatic N) is 1. The summed E-state index contributed by atoms with van der Waals surface area (Å²) >= 11 is 0. The van der Waals surface area contributed by atoms with Crippen molar-refractivity contribution in [3.05, 3.63) is 20.4 Å². The van der Waals surface area contributed by atoms with Gasteiger partial charge in [-0.3, -0.25) is 9.59 Å². The number of alkyl carbamates (subject to hydrolysis) is 1. The molecule has 27 heavy (non-hydrogen) atoms. The number of amides is 1. The fourth-order valence-corrected chi connectivity index (χ4v) is 2.77. The zero-order chi connectivity index (χ0) is 20.4. The standard InChI is InChI=1S/C19H34N4O4/c1-6-11-23(13-8-10-22-18(26)27-19(2,3)4)12-7-9-21-15-14(20-5)16(24)17(15)25/h20-21H,6-13H2,1-5H3,(H,22,26). The Morgan fingerprint density at radius 1 is 1.00 bits per heavy atom. The SMILES string of the molecule is CCCN(CCCNC(=O)OC(C)(C)C)CCCNc1c(NC)c(=O)c1=O. The number of hydrogen-bond donors (Lipinski definition) is 3.